The van der Waals surface area contributed by atoms with E-state index in [2.05, 4.69) is 15.3 Å². The summed E-state index contributed by atoms with van der Waals surface area (Å²) in [5.41, 5.74) is 1.02. The average molecular weight is 518 g/mol. The van der Waals surface area contributed by atoms with Gasteiger partial charge in [-0.2, -0.15) is 13.2 Å². The van der Waals surface area contributed by atoms with Gasteiger partial charge in [0.2, 0.25) is 11.7 Å². The van der Waals surface area contributed by atoms with Crippen molar-refractivity contribution in [2.45, 2.75) is 25.3 Å². The summed E-state index contributed by atoms with van der Waals surface area (Å²) in [7, 11) is 4.02. The van der Waals surface area contributed by atoms with Crippen LogP contribution in [0.3, 0.4) is 0 Å². The smallest absolute Gasteiger partial charge is 0.471 e. The zero-order valence-corrected chi connectivity index (χ0v) is 20.3. The fraction of sp³-hybridized carbons (Fsp3) is 0.280. The second-order valence-corrected chi connectivity index (χ2v) is 7.72. The zero-order chi connectivity index (χ0) is 27.0. The number of nitrogens with one attached hydrogen (secondary N) is 1. The predicted molar refractivity (Wildman–Crippen MR) is 126 cm³/mol. The van der Waals surface area contributed by atoms with Crippen molar-refractivity contribution >= 4 is 11.8 Å². The predicted octanol–water partition coefficient (Wildman–Crippen LogP) is 3.45. The summed E-state index contributed by atoms with van der Waals surface area (Å²) in [6.45, 7) is -0.531. The summed E-state index contributed by atoms with van der Waals surface area (Å²) in [6.07, 6.45) is 0.534. The number of rotatable bonds is 10. The quantitative estimate of drug-likeness (QED) is 0.439. The number of hydrogen-bond acceptors (Lipinski definition) is 7. The van der Waals surface area contributed by atoms with Crippen molar-refractivity contribution in [3.63, 3.8) is 0 Å². The van der Waals surface area contributed by atoms with Crippen LogP contribution in [0, 0.1) is 0 Å². The van der Waals surface area contributed by atoms with E-state index in [9.17, 15) is 22.8 Å². The van der Waals surface area contributed by atoms with Gasteiger partial charge in [0.25, 0.3) is 0 Å². The summed E-state index contributed by atoms with van der Waals surface area (Å²) < 4.78 is 57.3. The molecule has 0 bridgehead atoms. The first-order valence-electron chi connectivity index (χ1n) is 10.9. The highest BCUT2D eigenvalue weighted by atomic mass is 19.4. The van der Waals surface area contributed by atoms with Crippen molar-refractivity contribution in [2.75, 3.05) is 21.3 Å². The van der Waals surface area contributed by atoms with Crippen LogP contribution in [0.5, 0.6) is 17.2 Å². The van der Waals surface area contributed by atoms with Crippen LogP contribution in [0.25, 0.3) is 0 Å². The van der Waals surface area contributed by atoms with E-state index in [4.69, 9.17) is 14.2 Å². The number of carbonyl (C=O) groups excluding carboxylic acids is 2. The summed E-state index contributed by atoms with van der Waals surface area (Å²) in [5, 5.41) is 2.62. The van der Waals surface area contributed by atoms with E-state index in [1.165, 1.54) is 70.4 Å². The van der Waals surface area contributed by atoms with E-state index in [0.717, 1.165) is 0 Å². The van der Waals surface area contributed by atoms with Gasteiger partial charge < -0.3 is 24.4 Å². The molecule has 3 rings (SSSR count). The summed E-state index contributed by atoms with van der Waals surface area (Å²) in [5.74, 6) is -2.66. The van der Waals surface area contributed by atoms with Crippen LogP contribution in [0.1, 0.15) is 22.7 Å². The first kappa shape index (κ1) is 27.2. The highest BCUT2D eigenvalue weighted by molar-refractivity contribution is 5.91. The molecule has 2 aromatic heterocycles. The molecule has 1 unspecified atom stereocenters. The van der Waals surface area contributed by atoms with E-state index in [1.807, 2.05) is 0 Å². The average Bonchev–Trinajstić information content (AvgIpc) is 2.91. The lowest BCUT2D eigenvalue weighted by Crippen LogP contribution is -2.48. The number of ether oxygens (including phenoxy) is 3. The van der Waals surface area contributed by atoms with Crippen LogP contribution in [0.2, 0.25) is 0 Å². The normalized spacial score (nSPS) is 11.8. The van der Waals surface area contributed by atoms with Gasteiger partial charge in [-0.3, -0.25) is 19.6 Å². The molecule has 0 fully saturated rings. The SMILES string of the molecule is COc1cc(C(C(=O)NCc2ccncc2)N(Cc2ccncc2)C(=O)C(F)(F)F)cc(OC)c1OC. The number of hydrogen-bond donors (Lipinski definition) is 1. The molecule has 1 atom stereocenters. The number of aromatic nitrogens is 2. The molecule has 1 N–H and O–H groups in total. The standard InChI is InChI=1S/C25H25F3N4O5/c1-35-19-12-18(13-20(36-2)22(19)37-3)21(23(33)31-14-16-4-8-29-9-5-16)32(24(34)25(26,27)28)15-17-6-10-30-11-7-17/h4-13,21H,14-15H2,1-3H3,(H,31,33). The number of methoxy groups -OCH3 is 3. The molecule has 0 saturated carbocycles. The first-order chi connectivity index (χ1) is 17.7. The Morgan fingerprint density at radius 3 is 1.86 bits per heavy atom. The Morgan fingerprint density at radius 2 is 1.41 bits per heavy atom. The molecule has 2 heterocycles. The summed E-state index contributed by atoms with van der Waals surface area (Å²) >= 11 is 0. The Labute approximate surface area is 211 Å². The second-order valence-electron chi connectivity index (χ2n) is 7.72. The third-order valence-corrected chi connectivity index (χ3v) is 5.38. The topological polar surface area (TPSA) is 103 Å². The van der Waals surface area contributed by atoms with Crippen LogP contribution in [-0.4, -0.2) is 54.2 Å². The lowest BCUT2D eigenvalue weighted by molar-refractivity contribution is -0.189. The largest absolute Gasteiger partial charge is 0.493 e. The van der Waals surface area contributed by atoms with Gasteiger partial charge >= 0.3 is 12.1 Å². The van der Waals surface area contributed by atoms with Crippen molar-refractivity contribution in [3.8, 4) is 17.2 Å². The summed E-state index contributed by atoms with van der Waals surface area (Å²) in [6, 6.07) is 7.16. The van der Waals surface area contributed by atoms with Gasteiger partial charge in [-0.25, -0.2) is 0 Å². The molecule has 196 valence electrons. The number of pyridine rings is 2. The molecule has 2 amide bonds. The molecule has 9 nitrogen and oxygen atoms in total. The minimum absolute atomic E-state index is 0.00835. The Kier molecular flexibility index (Phi) is 8.88. The number of carbonyl (C=O) groups is 2. The first-order valence-corrected chi connectivity index (χ1v) is 10.9. The number of amides is 2. The van der Waals surface area contributed by atoms with Gasteiger partial charge in [0.1, 0.15) is 6.04 Å². The second kappa shape index (κ2) is 12.1. The molecule has 0 radical (unpaired) electrons. The minimum atomic E-state index is -5.25. The molecular formula is C25H25F3N4O5. The van der Waals surface area contributed by atoms with Crippen molar-refractivity contribution < 1.29 is 37.0 Å². The van der Waals surface area contributed by atoms with E-state index in [-0.39, 0.29) is 29.4 Å². The van der Waals surface area contributed by atoms with Crippen LogP contribution in [-0.2, 0) is 22.7 Å². The van der Waals surface area contributed by atoms with Crippen LogP contribution in [0.15, 0.2) is 61.2 Å². The summed E-state index contributed by atoms with van der Waals surface area (Å²) in [4.78, 5) is 34.4. The molecule has 0 aliphatic carbocycles. The third kappa shape index (κ3) is 6.66. The van der Waals surface area contributed by atoms with E-state index < -0.39 is 30.6 Å². The molecule has 0 aliphatic heterocycles. The maximum atomic E-state index is 13.8. The highest BCUT2D eigenvalue weighted by Gasteiger charge is 2.47. The fourth-order valence-electron chi connectivity index (χ4n) is 3.65. The molecule has 0 aliphatic rings. The lowest BCUT2D eigenvalue weighted by Gasteiger charge is -2.32. The monoisotopic (exact) mass is 518 g/mol. The molecule has 1 aromatic carbocycles. The number of alkyl halides is 3. The lowest BCUT2D eigenvalue weighted by atomic mass is 10.0. The molecule has 3 aromatic rings. The minimum Gasteiger partial charge on any atom is -0.493 e. The van der Waals surface area contributed by atoms with Gasteiger partial charge in [-0.05, 0) is 53.1 Å². The van der Waals surface area contributed by atoms with Crippen molar-refractivity contribution in [1.29, 1.82) is 0 Å². The van der Waals surface area contributed by atoms with E-state index in [1.54, 1.807) is 12.1 Å². The Balaban J connectivity index is 2.14. The maximum Gasteiger partial charge on any atom is 0.471 e. The zero-order valence-electron chi connectivity index (χ0n) is 20.3. The van der Waals surface area contributed by atoms with Crippen LogP contribution < -0.4 is 19.5 Å². The Bertz CT molecular complexity index is 1180. The van der Waals surface area contributed by atoms with E-state index >= 15 is 0 Å². The maximum absolute atomic E-state index is 13.8. The van der Waals surface area contributed by atoms with Gasteiger partial charge in [0.05, 0.1) is 21.3 Å². The number of benzene rings is 1. The molecule has 37 heavy (non-hydrogen) atoms. The number of halogens is 3. The van der Waals surface area contributed by atoms with Crippen LogP contribution >= 0.6 is 0 Å². The van der Waals surface area contributed by atoms with Gasteiger partial charge in [-0.15, -0.1) is 0 Å². The molecule has 0 spiro atoms. The van der Waals surface area contributed by atoms with Crippen molar-refractivity contribution in [1.82, 2.24) is 20.2 Å². The van der Waals surface area contributed by atoms with Crippen LogP contribution in [0.4, 0.5) is 13.2 Å². The van der Waals surface area contributed by atoms with E-state index in [0.29, 0.717) is 16.0 Å². The third-order valence-electron chi connectivity index (χ3n) is 5.38. The van der Waals surface area contributed by atoms with Gasteiger partial charge in [-0.1, -0.05) is 0 Å². The van der Waals surface area contributed by atoms with Crippen molar-refractivity contribution in [3.05, 3.63) is 77.9 Å². The fourth-order valence-corrected chi connectivity index (χ4v) is 3.65. The molecule has 12 heteroatoms. The van der Waals surface area contributed by atoms with Crippen molar-refractivity contribution in [2.24, 2.45) is 0 Å². The number of nitrogens with zero attached hydrogens (tertiary/aromatic N) is 3. The Morgan fingerprint density at radius 1 is 0.892 bits per heavy atom. The van der Waals surface area contributed by atoms with Gasteiger partial charge in [0.15, 0.2) is 11.5 Å². The molecular weight excluding hydrogens is 493 g/mol. The Hall–Kier alpha value is -4.35. The highest BCUT2D eigenvalue weighted by Crippen LogP contribution is 2.41. The van der Waals surface area contributed by atoms with Gasteiger partial charge in [0, 0.05) is 37.9 Å². The molecule has 0 saturated heterocycles.